The number of carbonyl (C=O) groups excluding carboxylic acids is 1. The highest BCUT2D eigenvalue weighted by Gasteiger charge is 2.16. The number of likely N-dealkylation sites (N-methyl/N-ethyl adjacent to an activating group) is 1. The number of amides is 1. The molecule has 1 amide bonds. The predicted molar refractivity (Wildman–Crippen MR) is 57.2 cm³/mol. The van der Waals surface area contributed by atoms with E-state index >= 15 is 0 Å². The predicted octanol–water partition coefficient (Wildman–Crippen LogP) is 0.478. The maximum Gasteiger partial charge on any atom is 0.238 e. The van der Waals surface area contributed by atoms with E-state index < -0.39 is 0 Å². The minimum absolute atomic E-state index is 0.0911. The Kier molecular flexibility index (Phi) is 6.49. The second-order valence-corrected chi connectivity index (χ2v) is 3.68. The lowest BCUT2D eigenvalue weighted by Crippen LogP contribution is -2.46. The van der Waals surface area contributed by atoms with E-state index in [9.17, 15) is 4.79 Å². The third-order valence-corrected chi connectivity index (χ3v) is 1.92. The van der Waals surface area contributed by atoms with E-state index in [1.54, 1.807) is 19.0 Å². The smallest absolute Gasteiger partial charge is 0.238 e. The first-order valence-corrected chi connectivity index (χ1v) is 5.04. The molecule has 4 nitrogen and oxygen atoms in total. The zero-order valence-corrected chi connectivity index (χ0v) is 9.83. The molecule has 0 aromatic carbocycles. The summed E-state index contributed by atoms with van der Waals surface area (Å²) in [5.41, 5.74) is 0. The van der Waals surface area contributed by atoms with Crippen LogP contribution in [0.1, 0.15) is 20.8 Å². The standard InChI is InChI=1S/C10H22N2O2/c1-6-14-7-8(2)11-9(3)10(13)12(4)5/h8-9,11H,6-7H2,1-5H3/t8?,9-/m1/s1. The van der Waals surface area contributed by atoms with Crippen LogP contribution in [-0.2, 0) is 9.53 Å². The van der Waals surface area contributed by atoms with Gasteiger partial charge in [-0.15, -0.1) is 0 Å². The van der Waals surface area contributed by atoms with Gasteiger partial charge in [-0.1, -0.05) is 0 Å². The number of carbonyl (C=O) groups is 1. The summed E-state index contributed by atoms with van der Waals surface area (Å²) in [4.78, 5) is 13.1. The average molecular weight is 202 g/mol. The fraction of sp³-hybridized carbons (Fsp3) is 0.900. The van der Waals surface area contributed by atoms with Crippen molar-refractivity contribution < 1.29 is 9.53 Å². The SMILES string of the molecule is CCOCC(C)N[C@H](C)C(=O)N(C)C. The first-order valence-electron chi connectivity index (χ1n) is 5.04. The van der Waals surface area contributed by atoms with Crippen LogP contribution in [0.4, 0.5) is 0 Å². The molecule has 2 atom stereocenters. The van der Waals surface area contributed by atoms with Crippen LogP contribution < -0.4 is 5.32 Å². The van der Waals surface area contributed by atoms with Crippen LogP contribution in [0.15, 0.2) is 0 Å². The van der Waals surface area contributed by atoms with E-state index in [1.165, 1.54) is 0 Å². The highest BCUT2D eigenvalue weighted by atomic mass is 16.5. The Balaban J connectivity index is 3.80. The fourth-order valence-electron chi connectivity index (χ4n) is 1.23. The van der Waals surface area contributed by atoms with Gasteiger partial charge in [0.2, 0.25) is 5.91 Å². The van der Waals surface area contributed by atoms with E-state index in [0.29, 0.717) is 13.2 Å². The van der Waals surface area contributed by atoms with E-state index in [2.05, 4.69) is 5.32 Å². The Morgan fingerprint density at radius 2 is 2.00 bits per heavy atom. The second-order valence-electron chi connectivity index (χ2n) is 3.68. The molecule has 0 aliphatic carbocycles. The van der Waals surface area contributed by atoms with Crippen molar-refractivity contribution in [1.82, 2.24) is 10.2 Å². The average Bonchev–Trinajstić information content (AvgIpc) is 2.13. The van der Waals surface area contributed by atoms with Crippen LogP contribution in [0, 0.1) is 0 Å². The number of nitrogens with zero attached hydrogens (tertiary/aromatic N) is 1. The van der Waals surface area contributed by atoms with Gasteiger partial charge in [-0.05, 0) is 20.8 Å². The Hall–Kier alpha value is -0.610. The molecule has 0 saturated heterocycles. The zero-order chi connectivity index (χ0) is 11.1. The van der Waals surface area contributed by atoms with Crippen molar-refractivity contribution in [2.75, 3.05) is 27.3 Å². The fourth-order valence-corrected chi connectivity index (χ4v) is 1.23. The lowest BCUT2D eigenvalue weighted by atomic mass is 10.2. The zero-order valence-electron chi connectivity index (χ0n) is 9.83. The van der Waals surface area contributed by atoms with Gasteiger partial charge < -0.3 is 15.0 Å². The van der Waals surface area contributed by atoms with Crippen molar-refractivity contribution in [2.45, 2.75) is 32.9 Å². The van der Waals surface area contributed by atoms with Crippen molar-refractivity contribution in [3.05, 3.63) is 0 Å². The summed E-state index contributed by atoms with van der Waals surface area (Å²) in [5.74, 6) is 0.0911. The number of rotatable bonds is 6. The summed E-state index contributed by atoms with van der Waals surface area (Å²) in [6.07, 6.45) is 0. The van der Waals surface area contributed by atoms with Crippen LogP contribution in [0.3, 0.4) is 0 Å². The van der Waals surface area contributed by atoms with Crippen molar-refractivity contribution in [3.63, 3.8) is 0 Å². The van der Waals surface area contributed by atoms with E-state index in [4.69, 9.17) is 4.74 Å². The van der Waals surface area contributed by atoms with Gasteiger partial charge in [-0.25, -0.2) is 0 Å². The normalized spacial score (nSPS) is 14.9. The number of nitrogens with one attached hydrogen (secondary N) is 1. The van der Waals surface area contributed by atoms with E-state index in [-0.39, 0.29) is 18.0 Å². The second kappa shape index (κ2) is 6.79. The Morgan fingerprint density at radius 1 is 1.43 bits per heavy atom. The highest BCUT2D eigenvalue weighted by Crippen LogP contribution is 1.92. The van der Waals surface area contributed by atoms with Crippen molar-refractivity contribution in [2.24, 2.45) is 0 Å². The largest absolute Gasteiger partial charge is 0.380 e. The molecular formula is C10H22N2O2. The molecule has 0 aliphatic heterocycles. The molecule has 0 aromatic rings. The van der Waals surface area contributed by atoms with Crippen molar-refractivity contribution in [3.8, 4) is 0 Å². The number of ether oxygens (including phenoxy) is 1. The Labute approximate surface area is 86.6 Å². The van der Waals surface area contributed by atoms with Crippen LogP contribution >= 0.6 is 0 Å². The molecule has 1 N–H and O–H groups in total. The maximum atomic E-state index is 11.5. The highest BCUT2D eigenvalue weighted by molar-refractivity contribution is 5.80. The first-order chi connectivity index (χ1) is 6.49. The minimum Gasteiger partial charge on any atom is -0.380 e. The van der Waals surface area contributed by atoms with Gasteiger partial charge in [-0.2, -0.15) is 0 Å². The topological polar surface area (TPSA) is 41.6 Å². The maximum absolute atomic E-state index is 11.5. The van der Waals surface area contributed by atoms with Crippen molar-refractivity contribution in [1.29, 1.82) is 0 Å². The molecule has 14 heavy (non-hydrogen) atoms. The third kappa shape index (κ3) is 5.19. The van der Waals surface area contributed by atoms with Gasteiger partial charge in [0.15, 0.2) is 0 Å². The lowest BCUT2D eigenvalue weighted by molar-refractivity contribution is -0.130. The summed E-state index contributed by atoms with van der Waals surface area (Å²) in [6, 6.07) is 0.0503. The Morgan fingerprint density at radius 3 is 2.43 bits per heavy atom. The van der Waals surface area contributed by atoms with Gasteiger partial charge in [0.05, 0.1) is 12.6 Å². The molecule has 0 radical (unpaired) electrons. The van der Waals surface area contributed by atoms with Crippen LogP contribution in [0.25, 0.3) is 0 Å². The van der Waals surface area contributed by atoms with Crippen LogP contribution in [-0.4, -0.2) is 50.2 Å². The summed E-state index contributed by atoms with van der Waals surface area (Å²) < 4.78 is 5.25. The summed E-state index contributed by atoms with van der Waals surface area (Å²) >= 11 is 0. The van der Waals surface area contributed by atoms with E-state index in [0.717, 1.165) is 0 Å². The molecule has 0 aromatic heterocycles. The molecule has 0 aliphatic rings. The molecule has 0 spiro atoms. The quantitative estimate of drug-likeness (QED) is 0.681. The lowest BCUT2D eigenvalue weighted by Gasteiger charge is -2.21. The van der Waals surface area contributed by atoms with Gasteiger partial charge in [0.25, 0.3) is 0 Å². The monoisotopic (exact) mass is 202 g/mol. The molecule has 4 heteroatoms. The third-order valence-electron chi connectivity index (χ3n) is 1.92. The molecule has 0 saturated carbocycles. The van der Waals surface area contributed by atoms with Crippen LogP contribution in [0.5, 0.6) is 0 Å². The minimum atomic E-state index is -0.152. The van der Waals surface area contributed by atoms with Gasteiger partial charge in [0.1, 0.15) is 0 Å². The molecular weight excluding hydrogens is 180 g/mol. The molecule has 0 rings (SSSR count). The summed E-state index contributed by atoms with van der Waals surface area (Å²) in [7, 11) is 3.52. The number of hydrogen-bond acceptors (Lipinski definition) is 3. The summed E-state index contributed by atoms with van der Waals surface area (Å²) in [6.45, 7) is 7.19. The van der Waals surface area contributed by atoms with Gasteiger partial charge in [-0.3, -0.25) is 4.79 Å². The van der Waals surface area contributed by atoms with Gasteiger partial charge in [0, 0.05) is 26.7 Å². The summed E-state index contributed by atoms with van der Waals surface area (Å²) in [5, 5.41) is 3.18. The first kappa shape index (κ1) is 13.4. The molecule has 1 unspecified atom stereocenters. The van der Waals surface area contributed by atoms with Gasteiger partial charge >= 0.3 is 0 Å². The molecule has 0 fully saturated rings. The molecule has 0 heterocycles. The van der Waals surface area contributed by atoms with E-state index in [1.807, 2.05) is 20.8 Å². The Bertz CT molecular complexity index is 172. The number of hydrogen-bond donors (Lipinski definition) is 1. The van der Waals surface area contributed by atoms with Crippen molar-refractivity contribution >= 4 is 5.91 Å². The molecule has 84 valence electrons. The van der Waals surface area contributed by atoms with Crippen LogP contribution in [0.2, 0.25) is 0 Å². The molecule has 0 bridgehead atoms.